The Kier molecular flexibility index (Phi) is 8.47. The molecule has 0 aliphatic rings. The number of sulfone groups is 1. The third-order valence-electron chi connectivity index (χ3n) is 5.50. The van der Waals surface area contributed by atoms with Gasteiger partial charge in [-0.05, 0) is 41.8 Å². The monoisotopic (exact) mass is 500 g/mol. The van der Waals surface area contributed by atoms with E-state index in [1.165, 1.54) is 31.4 Å². The van der Waals surface area contributed by atoms with Gasteiger partial charge in [-0.15, -0.1) is 0 Å². The molecule has 3 aromatic carbocycles. The maximum atomic E-state index is 13.7. The molecule has 1 unspecified atom stereocenters. The molecule has 9 nitrogen and oxygen atoms in total. The molecule has 0 bridgehead atoms. The smallest absolute Gasteiger partial charge is 0.404 e. The molecular formula is C25H28N2O7S. The lowest BCUT2D eigenvalue weighted by atomic mass is 10.00. The number of nitrogens with two attached hydrogens (primary N) is 1. The summed E-state index contributed by atoms with van der Waals surface area (Å²) in [7, 11) is -3.11. The van der Waals surface area contributed by atoms with Gasteiger partial charge >= 0.3 is 6.09 Å². The molecule has 5 N–H and O–H groups in total. The van der Waals surface area contributed by atoms with E-state index >= 15 is 0 Å². The Morgan fingerprint density at radius 2 is 1.51 bits per heavy atom. The SMILES string of the molecule is COc1ccc(S(=O)(=O)C(N)(OCc2ccccc2)[C@H](O)[C@H](Cc2ccccc2)NC(=O)O)cc1. The van der Waals surface area contributed by atoms with Crippen molar-refractivity contribution in [1.82, 2.24) is 5.32 Å². The number of hydrogen-bond donors (Lipinski definition) is 4. The summed E-state index contributed by atoms with van der Waals surface area (Å²) < 4.78 is 38.3. The van der Waals surface area contributed by atoms with Crippen molar-refractivity contribution in [3.8, 4) is 5.75 Å². The Hall–Kier alpha value is -3.44. The summed E-state index contributed by atoms with van der Waals surface area (Å²) in [6.45, 7) is -0.241. The topological polar surface area (TPSA) is 148 Å². The van der Waals surface area contributed by atoms with Crippen LogP contribution in [-0.2, 0) is 27.6 Å². The number of nitrogens with one attached hydrogen (secondary N) is 1. The van der Waals surface area contributed by atoms with Crippen LogP contribution >= 0.6 is 0 Å². The molecule has 1 amide bonds. The van der Waals surface area contributed by atoms with Crippen molar-refractivity contribution in [2.75, 3.05) is 7.11 Å². The van der Waals surface area contributed by atoms with E-state index < -0.39 is 33.1 Å². The summed E-state index contributed by atoms with van der Waals surface area (Å²) in [5, 5.41) is 20.2. The number of hydrogen-bond acceptors (Lipinski definition) is 7. The number of aliphatic hydroxyl groups excluding tert-OH is 1. The van der Waals surface area contributed by atoms with Gasteiger partial charge in [-0.1, -0.05) is 60.7 Å². The lowest BCUT2D eigenvalue weighted by molar-refractivity contribution is -0.0852. The highest BCUT2D eigenvalue weighted by atomic mass is 32.2. The van der Waals surface area contributed by atoms with Crippen LogP contribution < -0.4 is 15.8 Å². The average Bonchev–Trinajstić information content (AvgIpc) is 2.87. The largest absolute Gasteiger partial charge is 0.497 e. The van der Waals surface area contributed by atoms with Crippen molar-refractivity contribution >= 4 is 15.9 Å². The number of rotatable bonds is 11. The summed E-state index contributed by atoms with van der Waals surface area (Å²) >= 11 is 0. The van der Waals surface area contributed by atoms with Crippen molar-refractivity contribution in [3.63, 3.8) is 0 Å². The summed E-state index contributed by atoms with van der Waals surface area (Å²) in [6, 6.07) is 21.6. The van der Waals surface area contributed by atoms with Crippen LogP contribution in [0.3, 0.4) is 0 Å². The lowest BCUT2D eigenvalue weighted by Gasteiger charge is -2.37. The van der Waals surface area contributed by atoms with Gasteiger partial charge in [0.15, 0.2) is 0 Å². The molecule has 186 valence electrons. The van der Waals surface area contributed by atoms with Crippen molar-refractivity contribution in [3.05, 3.63) is 96.1 Å². The van der Waals surface area contributed by atoms with Crippen LogP contribution in [0.5, 0.6) is 5.75 Å². The van der Waals surface area contributed by atoms with Crippen molar-refractivity contribution in [2.45, 2.75) is 35.1 Å². The fourth-order valence-electron chi connectivity index (χ4n) is 3.58. The molecule has 0 aromatic heterocycles. The summed E-state index contributed by atoms with van der Waals surface area (Å²) in [5.41, 5.74) is 7.66. The highest BCUT2D eigenvalue weighted by molar-refractivity contribution is 7.92. The fourth-order valence-corrected chi connectivity index (χ4v) is 5.14. The maximum absolute atomic E-state index is 13.7. The van der Waals surface area contributed by atoms with Gasteiger partial charge in [-0.25, -0.2) is 13.2 Å². The first-order chi connectivity index (χ1) is 16.7. The van der Waals surface area contributed by atoms with E-state index in [-0.39, 0.29) is 17.9 Å². The molecule has 10 heteroatoms. The van der Waals surface area contributed by atoms with Crippen LogP contribution in [0, 0.1) is 0 Å². The highest BCUT2D eigenvalue weighted by Crippen LogP contribution is 2.31. The maximum Gasteiger partial charge on any atom is 0.404 e. The Bertz CT molecular complexity index is 1210. The molecule has 3 aromatic rings. The third kappa shape index (κ3) is 6.17. The Labute approximate surface area is 204 Å². The van der Waals surface area contributed by atoms with E-state index in [2.05, 4.69) is 5.32 Å². The molecule has 35 heavy (non-hydrogen) atoms. The van der Waals surface area contributed by atoms with E-state index in [9.17, 15) is 23.4 Å². The third-order valence-corrected chi connectivity index (χ3v) is 7.59. The lowest BCUT2D eigenvalue weighted by Crippen LogP contribution is -2.65. The standard InChI is InChI=1S/C25H28N2O7S/c1-33-20-12-14-21(15-13-20)35(31,32)25(26,34-17-19-10-6-3-7-11-19)23(28)22(27-24(29)30)16-18-8-4-2-5-9-18/h2-15,22-23,27-28H,16-17,26H2,1H3,(H,29,30)/t22-,23+,25?/m0/s1. The second-order valence-corrected chi connectivity index (χ2v) is 9.98. The number of ether oxygens (including phenoxy) is 2. The molecule has 0 saturated heterocycles. The average molecular weight is 501 g/mol. The predicted molar refractivity (Wildman–Crippen MR) is 129 cm³/mol. The van der Waals surface area contributed by atoms with Crippen LogP contribution in [0.4, 0.5) is 4.79 Å². The van der Waals surface area contributed by atoms with Gasteiger partial charge in [0.2, 0.25) is 9.84 Å². The fraction of sp³-hybridized carbons (Fsp3) is 0.240. The number of aliphatic hydroxyl groups is 1. The van der Waals surface area contributed by atoms with Crippen LogP contribution in [0.2, 0.25) is 0 Å². The minimum Gasteiger partial charge on any atom is -0.497 e. The van der Waals surface area contributed by atoms with Gasteiger partial charge in [0, 0.05) is 0 Å². The van der Waals surface area contributed by atoms with Crippen molar-refractivity contribution < 1.29 is 32.9 Å². The van der Waals surface area contributed by atoms with Crippen molar-refractivity contribution in [1.29, 1.82) is 0 Å². The molecule has 0 aliphatic carbocycles. The molecule has 3 rings (SSSR count). The van der Waals surface area contributed by atoms with Crippen LogP contribution in [0.25, 0.3) is 0 Å². The Morgan fingerprint density at radius 3 is 2.03 bits per heavy atom. The zero-order chi connectivity index (χ0) is 25.5. The van der Waals surface area contributed by atoms with Crippen LogP contribution in [0.15, 0.2) is 89.8 Å². The van der Waals surface area contributed by atoms with Crippen LogP contribution in [0.1, 0.15) is 11.1 Å². The predicted octanol–water partition coefficient (Wildman–Crippen LogP) is 2.54. The number of benzene rings is 3. The normalized spacial score (nSPS) is 14.9. The van der Waals surface area contributed by atoms with Gasteiger partial charge < -0.3 is 25.0 Å². The quantitative estimate of drug-likeness (QED) is 0.294. The van der Waals surface area contributed by atoms with Gasteiger partial charge in [-0.2, -0.15) is 0 Å². The van der Waals surface area contributed by atoms with Crippen LogP contribution in [-0.4, -0.2) is 49.0 Å². The van der Waals surface area contributed by atoms with Crippen molar-refractivity contribution in [2.24, 2.45) is 5.73 Å². The molecule has 0 spiro atoms. The second-order valence-electron chi connectivity index (χ2n) is 7.87. The number of carbonyl (C=O) groups is 1. The van der Waals surface area contributed by atoms with Gasteiger partial charge in [0.1, 0.15) is 11.9 Å². The first-order valence-corrected chi connectivity index (χ1v) is 12.2. The number of carboxylic acid groups (broad SMARTS) is 1. The number of amides is 1. The molecule has 0 radical (unpaired) electrons. The van der Waals surface area contributed by atoms with E-state index in [1.54, 1.807) is 60.7 Å². The van der Waals surface area contributed by atoms with Gasteiger partial charge in [-0.3, -0.25) is 5.73 Å². The highest BCUT2D eigenvalue weighted by Gasteiger charge is 2.52. The van der Waals surface area contributed by atoms with E-state index in [4.69, 9.17) is 15.2 Å². The molecule has 0 fully saturated rings. The summed E-state index contributed by atoms with van der Waals surface area (Å²) in [6.07, 6.45) is -3.45. The summed E-state index contributed by atoms with van der Waals surface area (Å²) in [4.78, 5) is 11.3. The van der Waals surface area contributed by atoms with Gasteiger partial charge in [0.25, 0.3) is 5.06 Å². The first kappa shape index (κ1) is 26.2. The van der Waals surface area contributed by atoms with E-state index in [0.29, 0.717) is 16.9 Å². The minimum atomic E-state index is -4.55. The van der Waals surface area contributed by atoms with E-state index in [0.717, 1.165) is 0 Å². The Morgan fingerprint density at radius 1 is 0.971 bits per heavy atom. The molecule has 0 aliphatic heterocycles. The van der Waals surface area contributed by atoms with Gasteiger partial charge in [0.05, 0.1) is 24.7 Å². The molecule has 0 saturated carbocycles. The zero-order valence-electron chi connectivity index (χ0n) is 19.1. The number of methoxy groups -OCH3 is 1. The molecule has 0 heterocycles. The Balaban J connectivity index is 2.03. The van der Waals surface area contributed by atoms with E-state index in [1.807, 2.05) is 0 Å². The summed E-state index contributed by atoms with van der Waals surface area (Å²) in [5.74, 6) is 0.423. The first-order valence-electron chi connectivity index (χ1n) is 10.7. The molecular weight excluding hydrogens is 472 g/mol. The second kappa shape index (κ2) is 11.3. The zero-order valence-corrected chi connectivity index (χ0v) is 19.9. The minimum absolute atomic E-state index is 0.0277. The molecule has 3 atom stereocenters.